The summed E-state index contributed by atoms with van der Waals surface area (Å²) in [5, 5.41) is 9.01. The summed E-state index contributed by atoms with van der Waals surface area (Å²) in [5.41, 5.74) is 0.176. The minimum Gasteiger partial charge on any atom is -0.481 e. The van der Waals surface area contributed by atoms with Gasteiger partial charge in [0, 0.05) is 25.4 Å². The zero-order valence-corrected chi connectivity index (χ0v) is 12.0. The van der Waals surface area contributed by atoms with Crippen LogP contribution in [0.2, 0.25) is 0 Å². The van der Waals surface area contributed by atoms with Crippen molar-refractivity contribution < 1.29 is 32.6 Å². The highest BCUT2D eigenvalue weighted by Crippen LogP contribution is 2.20. The predicted molar refractivity (Wildman–Crippen MR) is 72.1 cm³/mol. The minimum absolute atomic E-state index is 0.112. The standard InChI is InChI=1S/C14H15F3N2O4/c15-14(16,17)8-23-11-4-3-9(6-18-11)12(20)19-5-1-2-10(7-19)13(21)22/h3-4,6,10H,1-2,5,7-8H2,(H,21,22)/t10-/m1/s1. The monoisotopic (exact) mass is 332 g/mol. The molecule has 1 aromatic heterocycles. The summed E-state index contributed by atoms with van der Waals surface area (Å²) in [6.07, 6.45) is -2.24. The van der Waals surface area contributed by atoms with E-state index in [1.165, 1.54) is 17.0 Å². The Morgan fingerprint density at radius 2 is 2.13 bits per heavy atom. The van der Waals surface area contributed by atoms with Gasteiger partial charge in [-0.15, -0.1) is 0 Å². The third-order valence-electron chi connectivity index (χ3n) is 3.42. The highest BCUT2D eigenvalue weighted by Gasteiger charge is 2.30. The number of aromatic nitrogens is 1. The number of rotatable bonds is 4. The second-order valence-electron chi connectivity index (χ2n) is 5.22. The Kier molecular flexibility index (Phi) is 5.07. The number of nitrogens with zero attached hydrogens (tertiary/aromatic N) is 2. The number of likely N-dealkylation sites (tertiary alicyclic amines) is 1. The fraction of sp³-hybridized carbons (Fsp3) is 0.500. The van der Waals surface area contributed by atoms with Gasteiger partial charge >= 0.3 is 12.1 Å². The van der Waals surface area contributed by atoms with E-state index in [1.807, 2.05) is 0 Å². The lowest BCUT2D eigenvalue weighted by Gasteiger charge is -2.30. The zero-order valence-electron chi connectivity index (χ0n) is 12.0. The number of amides is 1. The predicted octanol–water partition coefficient (Wildman–Crippen LogP) is 1.96. The average Bonchev–Trinajstić information content (AvgIpc) is 2.52. The Bertz CT molecular complexity index is 574. The largest absolute Gasteiger partial charge is 0.481 e. The van der Waals surface area contributed by atoms with Crippen LogP contribution in [-0.4, -0.2) is 52.7 Å². The summed E-state index contributed by atoms with van der Waals surface area (Å²) >= 11 is 0. The SMILES string of the molecule is O=C(O)[C@@H]1CCCN(C(=O)c2ccc(OCC(F)(F)F)nc2)C1. The van der Waals surface area contributed by atoms with Crippen molar-refractivity contribution in [1.82, 2.24) is 9.88 Å². The van der Waals surface area contributed by atoms with Crippen molar-refractivity contribution in [2.75, 3.05) is 19.7 Å². The van der Waals surface area contributed by atoms with E-state index in [0.29, 0.717) is 19.4 Å². The lowest BCUT2D eigenvalue weighted by molar-refractivity contribution is -0.154. The van der Waals surface area contributed by atoms with Crippen LogP contribution in [0, 0.1) is 5.92 Å². The Morgan fingerprint density at radius 1 is 1.39 bits per heavy atom. The van der Waals surface area contributed by atoms with E-state index in [4.69, 9.17) is 5.11 Å². The summed E-state index contributed by atoms with van der Waals surface area (Å²) in [5.74, 6) is -2.18. The molecule has 2 heterocycles. The molecular weight excluding hydrogens is 317 g/mol. The zero-order chi connectivity index (χ0) is 17.0. The molecule has 1 amide bonds. The first kappa shape index (κ1) is 17.0. The maximum absolute atomic E-state index is 12.3. The minimum atomic E-state index is -4.46. The first-order chi connectivity index (χ1) is 10.8. The molecule has 0 unspecified atom stereocenters. The molecule has 1 N–H and O–H groups in total. The first-order valence-electron chi connectivity index (χ1n) is 6.94. The fourth-order valence-corrected chi connectivity index (χ4v) is 2.29. The number of hydrogen-bond acceptors (Lipinski definition) is 4. The molecule has 23 heavy (non-hydrogen) atoms. The average molecular weight is 332 g/mol. The Morgan fingerprint density at radius 3 is 2.70 bits per heavy atom. The van der Waals surface area contributed by atoms with Gasteiger partial charge in [0.2, 0.25) is 5.88 Å². The van der Waals surface area contributed by atoms with Crippen LogP contribution in [0.1, 0.15) is 23.2 Å². The third-order valence-corrected chi connectivity index (χ3v) is 3.42. The van der Waals surface area contributed by atoms with E-state index >= 15 is 0 Å². The molecule has 126 valence electrons. The van der Waals surface area contributed by atoms with Crippen molar-refractivity contribution in [2.24, 2.45) is 5.92 Å². The van der Waals surface area contributed by atoms with E-state index in [0.717, 1.165) is 6.20 Å². The van der Waals surface area contributed by atoms with Crippen molar-refractivity contribution >= 4 is 11.9 Å². The number of carbonyl (C=O) groups excluding carboxylic acids is 1. The number of pyridine rings is 1. The molecule has 0 saturated carbocycles. The fourth-order valence-electron chi connectivity index (χ4n) is 2.29. The Labute approximate surface area is 129 Å². The molecule has 0 aromatic carbocycles. The Balaban J connectivity index is 1.98. The summed E-state index contributed by atoms with van der Waals surface area (Å²) in [4.78, 5) is 28.3. The van der Waals surface area contributed by atoms with Gasteiger partial charge in [-0.3, -0.25) is 9.59 Å². The molecule has 0 radical (unpaired) electrons. The normalized spacial score (nSPS) is 18.6. The van der Waals surface area contributed by atoms with E-state index in [2.05, 4.69) is 9.72 Å². The van der Waals surface area contributed by atoms with E-state index in [-0.39, 0.29) is 18.0 Å². The highest BCUT2D eigenvalue weighted by atomic mass is 19.4. The van der Waals surface area contributed by atoms with Crippen LogP contribution < -0.4 is 4.74 Å². The molecule has 1 saturated heterocycles. The van der Waals surface area contributed by atoms with Crippen molar-refractivity contribution in [2.45, 2.75) is 19.0 Å². The molecular formula is C14H15F3N2O4. The van der Waals surface area contributed by atoms with Crippen LogP contribution >= 0.6 is 0 Å². The van der Waals surface area contributed by atoms with Gasteiger partial charge in [0.15, 0.2) is 6.61 Å². The van der Waals surface area contributed by atoms with E-state index < -0.39 is 30.6 Å². The van der Waals surface area contributed by atoms with Gasteiger partial charge in [0.25, 0.3) is 5.91 Å². The molecule has 0 aliphatic carbocycles. The summed E-state index contributed by atoms with van der Waals surface area (Å²) in [7, 11) is 0. The van der Waals surface area contributed by atoms with Crippen LogP contribution in [0.25, 0.3) is 0 Å². The van der Waals surface area contributed by atoms with Crippen molar-refractivity contribution in [3.05, 3.63) is 23.9 Å². The summed E-state index contributed by atoms with van der Waals surface area (Å²) in [6.45, 7) is -0.908. The molecule has 1 aromatic rings. The van der Waals surface area contributed by atoms with Crippen LogP contribution in [0.4, 0.5) is 13.2 Å². The second-order valence-corrected chi connectivity index (χ2v) is 5.22. The van der Waals surface area contributed by atoms with E-state index in [9.17, 15) is 22.8 Å². The van der Waals surface area contributed by atoms with Gasteiger partial charge in [0.05, 0.1) is 11.5 Å². The lowest BCUT2D eigenvalue weighted by Crippen LogP contribution is -2.42. The van der Waals surface area contributed by atoms with Gasteiger partial charge in [-0.2, -0.15) is 13.2 Å². The van der Waals surface area contributed by atoms with Gasteiger partial charge in [0.1, 0.15) is 0 Å². The molecule has 2 rings (SSSR count). The maximum Gasteiger partial charge on any atom is 0.422 e. The van der Waals surface area contributed by atoms with Gasteiger partial charge in [-0.05, 0) is 18.9 Å². The molecule has 0 bridgehead atoms. The number of carboxylic acids is 1. The molecule has 9 heteroatoms. The number of carboxylic acid groups (broad SMARTS) is 1. The van der Waals surface area contributed by atoms with Crippen molar-refractivity contribution in [3.63, 3.8) is 0 Å². The second kappa shape index (κ2) is 6.84. The van der Waals surface area contributed by atoms with E-state index in [1.54, 1.807) is 0 Å². The van der Waals surface area contributed by atoms with Crippen molar-refractivity contribution in [3.8, 4) is 5.88 Å². The molecule has 1 fully saturated rings. The van der Waals surface area contributed by atoms with Crippen molar-refractivity contribution in [1.29, 1.82) is 0 Å². The number of ether oxygens (including phenoxy) is 1. The molecule has 1 atom stereocenters. The first-order valence-corrected chi connectivity index (χ1v) is 6.94. The summed E-state index contributed by atoms with van der Waals surface area (Å²) in [6, 6.07) is 2.49. The van der Waals surface area contributed by atoms with Gasteiger partial charge in [-0.25, -0.2) is 4.98 Å². The smallest absolute Gasteiger partial charge is 0.422 e. The quantitative estimate of drug-likeness (QED) is 0.912. The molecule has 1 aliphatic heterocycles. The summed E-state index contributed by atoms with van der Waals surface area (Å²) < 4.78 is 40.6. The van der Waals surface area contributed by atoms with Gasteiger partial charge < -0.3 is 14.7 Å². The number of alkyl halides is 3. The number of piperidine rings is 1. The highest BCUT2D eigenvalue weighted by molar-refractivity contribution is 5.94. The Hall–Kier alpha value is -2.32. The molecule has 1 aliphatic rings. The van der Waals surface area contributed by atoms with Crippen LogP contribution in [0.5, 0.6) is 5.88 Å². The van der Waals surface area contributed by atoms with Crippen LogP contribution in [0.3, 0.4) is 0 Å². The maximum atomic E-state index is 12.3. The lowest BCUT2D eigenvalue weighted by atomic mass is 9.98. The molecule has 0 spiro atoms. The number of hydrogen-bond donors (Lipinski definition) is 1. The topological polar surface area (TPSA) is 79.7 Å². The van der Waals surface area contributed by atoms with Crippen LogP contribution in [0.15, 0.2) is 18.3 Å². The third kappa shape index (κ3) is 4.83. The number of aliphatic carboxylic acids is 1. The number of halogens is 3. The van der Waals surface area contributed by atoms with Gasteiger partial charge in [-0.1, -0.05) is 0 Å². The number of carbonyl (C=O) groups is 2. The molecule has 6 nitrogen and oxygen atoms in total. The van der Waals surface area contributed by atoms with Crippen LogP contribution in [-0.2, 0) is 4.79 Å².